The van der Waals surface area contributed by atoms with Crippen molar-refractivity contribution in [3.05, 3.63) is 47.3 Å². The minimum atomic E-state index is -1.10. The lowest BCUT2D eigenvalue weighted by molar-refractivity contribution is 0.0690. The molecule has 0 aliphatic rings. The molecule has 1 aromatic carbocycles. The van der Waals surface area contributed by atoms with E-state index in [2.05, 4.69) is 11.1 Å². The van der Waals surface area contributed by atoms with Crippen molar-refractivity contribution in [1.29, 1.82) is 5.26 Å². The maximum Gasteiger partial charge on any atom is 0.354 e. The van der Waals surface area contributed by atoms with Gasteiger partial charge in [-0.1, -0.05) is 12.1 Å². The third-order valence-electron chi connectivity index (χ3n) is 3.23. The number of aromatic carboxylic acids is 1. The van der Waals surface area contributed by atoms with Gasteiger partial charge < -0.3 is 10.0 Å². The molecule has 0 atom stereocenters. The van der Waals surface area contributed by atoms with E-state index in [1.165, 1.54) is 6.07 Å². The van der Waals surface area contributed by atoms with Gasteiger partial charge in [-0.15, -0.1) is 0 Å². The molecule has 0 radical (unpaired) electrons. The van der Waals surface area contributed by atoms with Crippen molar-refractivity contribution in [2.75, 3.05) is 19.0 Å². The molecule has 5 heteroatoms. The topological polar surface area (TPSA) is 77.2 Å². The lowest BCUT2D eigenvalue weighted by Crippen LogP contribution is -2.08. The van der Waals surface area contributed by atoms with Crippen LogP contribution in [-0.2, 0) is 0 Å². The van der Waals surface area contributed by atoms with Gasteiger partial charge >= 0.3 is 5.97 Å². The molecule has 0 aliphatic heterocycles. The zero-order valence-electron chi connectivity index (χ0n) is 12.1. The summed E-state index contributed by atoms with van der Waals surface area (Å²) in [5, 5.41) is 18.4. The van der Waals surface area contributed by atoms with Gasteiger partial charge in [-0.2, -0.15) is 5.26 Å². The highest BCUT2D eigenvalue weighted by atomic mass is 16.4. The standard InChI is InChI=1S/C16H15N3O2/c1-10-14(9-17)13(8-15(18-10)16(20)21)11-4-6-12(7-5-11)19(2)3/h4-8H,1-3H3,(H,20,21). The van der Waals surface area contributed by atoms with E-state index in [9.17, 15) is 10.1 Å². The van der Waals surface area contributed by atoms with Crippen LogP contribution in [0.4, 0.5) is 5.69 Å². The smallest absolute Gasteiger partial charge is 0.354 e. The van der Waals surface area contributed by atoms with Crippen LogP contribution in [0.1, 0.15) is 21.7 Å². The Morgan fingerprint density at radius 2 is 1.90 bits per heavy atom. The minimum absolute atomic E-state index is 0.0572. The third-order valence-corrected chi connectivity index (χ3v) is 3.23. The van der Waals surface area contributed by atoms with Crippen LogP contribution in [0.15, 0.2) is 30.3 Å². The molecule has 0 saturated heterocycles. The average Bonchev–Trinajstić information content (AvgIpc) is 2.46. The fourth-order valence-corrected chi connectivity index (χ4v) is 2.09. The van der Waals surface area contributed by atoms with E-state index in [4.69, 9.17) is 5.11 Å². The van der Waals surface area contributed by atoms with E-state index in [1.807, 2.05) is 43.3 Å². The number of benzene rings is 1. The predicted molar refractivity (Wildman–Crippen MR) is 80.4 cm³/mol. The predicted octanol–water partition coefficient (Wildman–Crippen LogP) is 2.69. The van der Waals surface area contributed by atoms with Crippen LogP contribution in [0.5, 0.6) is 0 Å². The molecule has 0 spiro atoms. The number of hydrogen-bond acceptors (Lipinski definition) is 4. The molecule has 0 unspecified atom stereocenters. The summed E-state index contributed by atoms with van der Waals surface area (Å²) in [4.78, 5) is 17.0. The Labute approximate surface area is 123 Å². The summed E-state index contributed by atoms with van der Waals surface area (Å²) in [6.07, 6.45) is 0. The zero-order chi connectivity index (χ0) is 15.6. The van der Waals surface area contributed by atoms with Crippen LogP contribution in [0.3, 0.4) is 0 Å². The number of carboxylic acids is 1. The Hall–Kier alpha value is -2.87. The van der Waals surface area contributed by atoms with Crippen LogP contribution in [0.2, 0.25) is 0 Å². The molecule has 0 aliphatic carbocycles. The number of carbonyl (C=O) groups is 1. The second kappa shape index (κ2) is 5.63. The van der Waals surface area contributed by atoms with E-state index < -0.39 is 5.97 Å². The van der Waals surface area contributed by atoms with Gasteiger partial charge in [0.1, 0.15) is 11.8 Å². The zero-order valence-corrected chi connectivity index (χ0v) is 12.1. The van der Waals surface area contributed by atoms with Crippen molar-refractivity contribution in [2.45, 2.75) is 6.92 Å². The average molecular weight is 281 g/mol. The molecule has 5 nitrogen and oxygen atoms in total. The Morgan fingerprint density at radius 3 is 2.38 bits per heavy atom. The SMILES string of the molecule is Cc1nc(C(=O)O)cc(-c2ccc(N(C)C)cc2)c1C#N. The first kappa shape index (κ1) is 14.5. The highest BCUT2D eigenvalue weighted by Gasteiger charge is 2.15. The summed E-state index contributed by atoms with van der Waals surface area (Å²) in [7, 11) is 3.88. The minimum Gasteiger partial charge on any atom is -0.477 e. The summed E-state index contributed by atoms with van der Waals surface area (Å²) < 4.78 is 0. The van der Waals surface area contributed by atoms with Crippen LogP contribution in [-0.4, -0.2) is 30.2 Å². The molecule has 1 heterocycles. The molecule has 1 aromatic heterocycles. The number of nitrogens with zero attached hydrogens (tertiary/aromatic N) is 3. The summed E-state index contributed by atoms with van der Waals surface area (Å²) in [5.41, 5.74) is 3.18. The maximum atomic E-state index is 11.1. The number of carboxylic acid groups (broad SMARTS) is 1. The number of pyridine rings is 1. The maximum absolute atomic E-state index is 11.1. The lowest BCUT2D eigenvalue weighted by Gasteiger charge is -2.13. The number of aryl methyl sites for hydroxylation is 1. The van der Waals surface area contributed by atoms with Gasteiger partial charge in [-0.3, -0.25) is 0 Å². The van der Waals surface area contributed by atoms with Crippen LogP contribution >= 0.6 is 0 Å². The summed E-state index contributed by atoms with van der Waals surface area (Å²) in [6, 6.07) is 11.1. The highest BCUT2D eigenvalue weighted by Crippen LogP contribution is 2.27. The molecule has 106 valence electrons. The van der Waals surface area contributed by atoms with Crippen molar-refractivity contribution in [2.24, 2.45) is 0 Å². The van der Waals surface area contributed by atoms with Gasteiger partial charge in [0.05, 0.1) is 11.3 Å². The van der Waals surface area contributed by atoms with Gasteiger partial charge in [0.15, 0.2) is 0 Å². The van der Waals surface area contributed by atoms with Crippen LogP contribution < -0.4 is 4.90 Å². The number of rotatable bonds is 3. The number of hydrogen-bond donors (Lipinski definition) is 1. The normalized spacial score (nSPS) is 10.0. The van der Waals surface area contributed by atoms with Crippen LogP contribution in [0, 0.1) is 18.3 Å². The van der Waals surface area contributed by atoms with Gasteiger partial charge in [0.2, 0.25) is 0 Å². The van der Waals surface area contributed by atoms with Crippen LogP contribution in [0.25, 0.3) is 11.1 Å². The quantitative estimate of drug-likeness (QED) is 0.936. The van der Waals surface area contributed by atoms with Gasteiger partial charge in [0.25, 0.3) is 0 Å². The first-order valence-electron chi connectivity index (χ1n) is 6.37. The monoisotopic (exact) mass is 281 g/mol. The molecule has 21 heavy (non-hydrogen) atoms. The molecule has 0 fully saturated rings. The molecule has 0 amide bonds. The molecular formula is C16H15N3O2. The second-order valence-corrected chi connectivity index (χ2v) is 4.87. The Morgan fingerprint density at radius 1 is 1.29 bits per heavy atom. The van der Waals surface area contributed by atoms with Crippen molar-refractivity contribution in [3.8, 4) is 17.2 Å². The summed E-state index contributed by atoms with van der Waals surface area (Å²) in [5.74, 6) is -1.10. The molecule has 0 saturated carbocycles. The van der Waals surface area contributed by atoms with Crippen molar-refractivity contribution >= 4 is 11.7 Å². The first-order valence-corrected chi connectivity index (χ1v) is 6.37. The second-order valence-electron chi connectivity index (χ2n) is 4.87. The molecule has 1 N–H and O–H groups in total. The van der Waals surface area contributed by atoms with E-state index in [0.29, 0.717) is 16.8 Å². The van der Waals surface area contributed by atoms with E-state index in [1.54, 1.807) is 6.92 Å². The Kier molecular flexibility index (Phi) is 3.90. The fraction of sp³-hybridized carbons (Fsp3) is 0.188. The first-order chi connectivity index (χ1) is 9.93. The Balaban J connectivity index is 2.61. The number of anilines is 1. The van der Waals surface area contributed by atoms with Crippen molar-refractivity contribution in [1.82, 2.24) is 4.98 Å². The fourth-order valence-electron chi connectivity index (χ4n) is 2.09. The Bertz CT molecular complexity index is 728. The van der Waals surface area contributed by atoms with E-state index in [-0.39, 0.29) is 5.69 Å². The number of nitriles is 1. The molecule has 2 rings (SSSR count). The third kappa shape index (κ3) is 2.84. The summed E-state index contributed by atoms with van der Waals surface area (Å²) in [6.45, 7) is 1.64. The van der Waals surface area contributed by atoms with Crippen molar-refractivity contribution < 1.29 is 9.90 Å². The van der Waals surface area contributed by atoms with Crippen molar-refractivity contribution in [3.63, 3.8) is 0 Å². The van der Waals surface area contributed by atoms with E-state index in [0.717, 1.165) is 11.3 Å². The van der Waals surface area contributed by atoms with Gasteiger partial charge in [-0.05, 0) is 30.7 Å². The van der Waals surface area contributed by atoms with E-state index >= 15 is 0 Å². The molecule has 2 aromatic rings. The summed E-state index contributed by atoms with van der Waals surface area (Å²) >= 11 is 0. The van der Waals surface area contributed by atoms with Gasteiger partial charge in [-0.25, -0.2) is 9.78 Å². The lowest BCUT2D eigenvalue weighted by atomic mass is 9.98. The highest BCUT2D eigenvalue weighted by molar-refractivity contribution is 5.88. The number of aromatic nitrogens is 1. The molecule has 0 bridgehead atoms. The van der Waals surface area contributed by atoms with Gasteiger partial charge in [0, 0.05) is 25.3 Å². The molecular weight excluding hydrogens is 266 g/mol. The largest absolute Gasteiger partial charge is 0.477 e.